The van der Waals surface area contributed by atoms with Crippen molar-refractivity contribution < 1.29 is 9.53 Å². The van der Waals surface area contributed by atoms with Crippen molar-refractivity contribution in [2.75, 3.05) is 6.61 Å². The third-order valence-electron chi connectivity index (χ3n) is 5.13. The second-order valence-corrected chi connectivity index (χ2v) is 6.85. The molecule has 1 aliphatic rings. The standard InChI is InChI=1S/C22H27NO2/c1-3-16(2)18-11-6-7-14-21(18)25-15-22(24)23-20-13-8-10-17-9-4-5-12-19(17)20/h4-7,9,11-12,14,16,20H,3,8,10,13,15H2,1-2H3,(H,23,24)/t16-,20+/m0/s1. The minimum Gasteiger partial charge on any atom is -0.483 e. The van der Waals surface area contributed by atoms with Crippen LogP contribution in [0.2, 0.25) is 0 Å². The minimum atomic E-state index is -0.0549. The third kappa shape index (κ3) is 4.22. The van der Waals surface area contributed by atoms with Gasteiger partial charge in [0.25, 0.3) is 5.91 Å². The molecule has 0 saturated carbocycles. The summed E-state index contributed by atoms with van der Waals surface area (Å²) in [5.74, 6) is 1.18. The van der Waals surface area contributed by atoms with Crippen LogP contribution in [0.3, 0.4) is 0 Å². The molecule has 2 aromatic carbocycles. The molecule has 0 spiro atoms. The van der Waals surface area contributed by atoms with E-state index in [1.54, 1.807) is 0 Å². The fourth-order valence-electron chi connectivity index (χ4n) is 3.52. The van der Waals surface area contributed by atoms with Crippen molar-refractivity contribution in [1.29, 1.82) is 0 Å². The number of ether oxygens (including phenoxy) is 1. The molecule has 132 valence electrons. The molecule has 3 rings (SSSR count). The first-order valence-electron chi connectivity index (χ1n) is 9.28. The number of benzene rings is 2. The average Bonchev–Trinajstić information content (AvgIpc) is 2.66. The van der Waals surface area contributed by atoms with Gasteiger partial charge in [-0.05, 0) is 54.4 Å². The van der Waals surface area contributed by atoms with Crippen molar-refractivity contribution in [2.45, 2.75) is 51.5 Å². The lowest BCUT2D eigenvalue weighted by molar-refractivity contribution is -0.124. The average molecular weight is 337 g/mol. The van der Waals surface area contributed by atoms with Crippen molar-refractivity contribution in [1.82, 2.24) is 5.32 Å². The molecule has 0 fully saturated rings. The number of carbonyl (C=O) groups is 1. The van der Waals surface area contributed by atoms with Gasteiger partial charge in [-0.15, -0.1) is 0 Å². The van der Waals surface area contributed by atoms with Crippen LogP contribution in [0, 0.1) is 0 Å². The van der Waals surface area contributed by atoms with Crippen LogP contribution < -0.4 is 10.1 Å². The lowest BCUT2D eigenvalue weighted by Gasteiger charge is -2.26. The fraction of sp³-hybridized carbons (Fsp3) is 0.409. The van der Waals surface area contributed by atoms with Gasteiger partial charge in [0.15, 0.2) is 6.61 Å². The monoisotopic (exact) mass is 337 g/mol. The van der Waals surface area contributed by atoms with Crippen molar-refractivity contribution in [3.63, 3.8) is 0 Å². The van der Waals surface area contributed by atoms with Gasteiger partial charge in [0.1, 0.15) is 5.75 Å². The molecular formula is C22H27NO2. The van der Waals surface area contributed by atoms with Crippen LogP contribution in [-0.4, -0.2) is 12.5 Å². The number of para-hydroxylation sites is 1. The highest BCUT2D eigenvalue weighted by Gasteiger charge is 2.21. The summed E-state index contributed by atoms with van der Waals surface area (Å²) in [6.45, 7) is 4.40. The smallest absolute Gasteiger partial charge is 0.258 e. The summed E-state index contributed by atoms with van der Waals surface area (Å²) in [5, 5.41) is 3.14. The molecule has 1 N–H and O–H groups in total. The summed E-state index contributed by atoms with van der Waals surface area (Å²) in [6, 6.07) is 16.5. The van der Waals surface area contributed by atoms with Gasteiger partial charge in [0, 0.05) is 0 Å². The van der Waals surface area contributed by atoms with E-state index in [1.165, 1.54) is 16.7 Å². The van der Waals surface area contributed by atoms with E-state index in [2.05, 4.69) is 43.4 Å². The number of hydrogen-bond donors (Lipinski definition) is 1. The molecule has 0 aromatic heterocycles. The highest BCUT2D eigenvalue weighted by Crippen LogP contribution is 2.30. The van der Waals surface area contributed by atoms with E-state index in [1.807, 2.05) is 24.3 Å². The Labute approximate surface area is 150 Å². The molecule has 0 aliphatic heterocycles. The maximum Gasteiger partial charge on any atom is 0.258 e. The SMILES string of the molecule is CC[C@H](C)c1ccccc1OCC(=O)N[C@@H]1CCCc2ccccc21. The van der Waals surface area contributed by atoms with Gasteiger partial charge in [0.2, 0.25) is 0 Å². The summed E-state index contributed by atoms with van der Waals surface area (Å²) < 4.78 is 5.84. The van der Waals surface area contributed by atoms with E-state index in [4.69, 9.17) is 4.74 Å². The van der Waals surface area contributed by atoms with Crippen LogP contribution in [0.1, 0.15) is 61.8 Å². The van der Waals surface area contributed by atoms with Gasteiger partial charge in [-0.25, -0.2) is 0 Å². The zero-order valence-corrected chi connectivity index (χ0v) is 15.1. The van der Waals surface area contributed by atoms with Crippen LogP contribution in [0.15, 0.2) is 48.5 Å². The molecule has 25 heavy (non-hydrogen) atoms. The van der Waals surface area contributed by atoms with Crippen molar-refractivity contribution in [2.24, 2.45) is 0 Å². The van der Waals surface area contributed by atoms with Crippen molar-refractivity contribution >= 4 is 5.91 Å². The molecule has 0 saturated heterocycles. The molecule has 2 aromatic rings. The Kier molecular flexibility index (Phi) is 5.75. The van der Waals surface area contributed by atoms with Gasteiger partial charge in [-0.1, -0.05) is 56.3 Å². The summed E-state index contributed by atoms with van der Waals surface area (Å²) in [5.41, 5.74) is 3.77. The summed E-state index contributed by atoms with van der Waals surface area (Å²) >= 11 is 0. The molecule has 3 heteroatoms. The normalized spacial score (nSPS) is 17.4. The molecule has 1 amide bonds. The van der Waals surface area contributed by atoms with E-state index < -0.39 is 0 Å². The molecule has 0 bridgehead atoms. The Balaban J connectivity index is 1.61. The van der Waals surface area contributed by atoms with Gasteiger partial charge in [0.05, 0.1) is 6.04 Å². The predicted molar refractivity (Wildman–Crippen MR) is 101 cm³/mol. The number of carbonyl (C=O) groups excluding carboxylic acids is 1. The van der Waals surface area contributed by atoms with E-state index in [9.17, 15) is 4.79 Å². The topological polar surface area (TPSA) is 38.3 Å². The molecule has 2 atom stereocenters. The van der Waals surface area contributed by atoms with Crippen LogP contribution in [0.25, 0.3) is 0 Å². The van der Waals surface area contributed by atoms with E-state index in [-0.39, 0.29) is 18.6 Å². The van der Waals surface area contributed by atoms with Crippen molar-refractivity contribution in [3.05, 3.63) is 65.2 Å². The van der Waals surface area contributed by atoms with Gasteiger partial charge >= 0.3 is 0 Å². The van der Waals surface area contributed by atoms with E-state index >= 15 is 0 Å². The largest absolute Gasteiger partial charge is 0.483 e. The van der Waals surface area contributed by atoms with Gasteiger partial charge in [-0.2, -0.15) is 0 Å². The number of amides is 1. The first kappa shape index (κ1) is 17.5. The minimum absolute atomic E-state index is 0.0549. The highest BCUT2D eigenvalue weighted by molar-refractivity contribution is 5.78. The van der Waals surface area contributed by atoms with Crippen LogP contribution in [0.4, 0.5) is 0 Å². The summed E-state index contributed by atoms with van der Waals surface area (Å²) in [6.07, 6.45) is 4.25. The maximum atomic E-state index is 12.4. The summed E-state index contributed by atoms with van der Waals surface area (Å²) in [4.78, 5) is 12.4. The van der Waals surface area contributed by atoms with Crippen LogP contribution in [-0.2, 0) is 11.2 Å². The lowest BCUT2D eigenvalue weighted by atomic mass is 9.88. The van der Waals surface area contributed by atoms with Gasteiger partial charge in [-0.3, -0.25) is 4.79 Å². The van der Waals surface area contributed by atoms with E-state index in [0.717, 1.165) is 31.4 Å². The zero-order chi connectivity index (χ0) is 17.6. The second kappa shape index (κ2) is 8.19. The van der Waals surface area contributed by atoms with Crippen LogP contribution in [0.5, 0.6) is 5.75 Å². The lowest BCUT2D eigenvalue weighted by Crippen LogP contribution is -2.34. The number of fused-ring (bicyclic) bond motifs is 1. The molecule has 0 heterocycles. The molecule has 3 nitrogen and oxygen atoms in total. The Morgan fingerprint density at radius 1 is 1.20 bits per heavy atom. The molecular weight excluding hydrogens is 310 g/mol. The van der Waals surface area contributed by atoms with Gasteiger partial charge < -0.3 is 10.1 Å². The fourth-order valence-corrected chi connectivity index (χ4v) is 3.52. The number of aryl methyl sites for hydroxylation is 1. The Bertz CT molecular complexity index is 725. The highest BCUT2D eigenvalue weighted by atomic mass is 16.5. The first-order valence-corrected chi connectivity index (χ1v) is 9.28. The zero-order valence-electron chi connectivity index (χ0n) is 15.1. The second-order valence-electron chi connectivity index (χ2n) is 6.85. The molecule has 1 aliphatic carbocycles. The van der Waals surface area contributed by atoms with Crippen LogP contribution >= 0.6 is 0 Å². The predicted octanol–water partition coefficient (Wildman–Crippen LogP) is 4.77. The van der Waals surface area contributed by atoms with Crippen molar-refractivity contribution in [3.8, 4) is 5.75 Å². The first-order chi connectivity index (χ1) is 12.2. The number of nitrogens with one attached hydrogen (secondary N) is 1. The quantitative estimate of drug-likeness (QED) is 0.824. The Hall–Kier alpha value is -2.29. The maximum absolute atomic E-state index is 12.4. The summed E-state index contributed by atoms with van der Waals surface area (Å²) in [7, 11) is 0. The number of hydrogen-bond acceptors (Lipinski definition) is 2. The Morgan fingerprint density at radius 3 is 2.80 bits per heavy atom. The molecule has 0 radical (unpaired) electrons. The van der Waals surface area contributed by atoms with E-state index in [0.29, 0.717) is 5.92 Å². The third-order valence-corrected chi connectivity index (χ3v) is 5.13. The molecule has 0 unspecified atom stereocenters. The number of rotatable bonds is 6. The Morgan fingerprint density at radius 2 is 1.96 bits per heavy atom.